The molecule has 1 rings (SSSR count). The number of hydrogen-bond donors (Lipinski definition) is 1. The van der Waals surface area contributed by atoms with E-state index >= 15 is 0 Å². The van der Waals surface area contributed by atoms with Gasteiger partial charge in [-0.25, -0.2) is 4.98 Å². The third-order valence-electron chi connectivity index (χ3n) is 2.27. The van der Waals surface area contributed by atoms with E-state index in [1.807, 2.05) is 11.9 Å². The maximum Gasteiger partial charge on any atom is 0.304 e. The van der Waals surface area contributed by atoms with Crippen molar-refractivity contribution in [1.29, 1.82) is 0 Å². The minimum atomic E-state index is -0.756. The Morgan fingerprint density at radius 1 is 1.62 bits per heavy atom. The summed E-state index contributed by atoms with van der Waals surface area (Å²) < 4.78 is 0. The Kier molecular flexibility index (Phi) is 4.89. The molecule has 0 amide bonds. The number of aliphatic carboxylic acids is 1. The molecular formula is C11H18N2O2S. The Hall–Kier alpha value is -0.940. The molecular weight excluding hydrogens is 224 g/mol. The van der Waals surface area contributed by atoms with Crippen molar-refractivity contribution in [1.82, 2.24) is 9.88 Å². The highest BCUT2D eigenvalue weighted by Crippen LogP contribution is 2.18. The monoisotopic (exact) mass is 242 g/mol. The minimum absolute atomic E-state index is 0.179. The van der Waals surface area contributed by atoms with Crippen molar-refractivity contribution in [3.63, 3.8) is 0 Å². The summed E-state index contributed by atoms with van der Waals surface area (Å²) in [4.78, 5) is 16.9. The normalized spacial score (nSPS) is 11.3. The predicted octanol–water partition coefficient (Wildman–Crippen LogP) is 2.17. The number of carboxylic acids is 1. The van der Waals surface area contributed by atoms with Crippen LogP contribution in [0.5, 0.6) is 0 Å². The zero-order valence-corrected chi connectivity index (χ0v) is 10.8. The van der Waals surface area contributed by atoms with E-state index < -0.39 is 5.97 Å². The zero-order chi connectivity index (χ0) is 12.1. The van der Waals surface area contributed by atoms with Gasteiger partial charge in [0, 0.05) is 11.9 Å². The average molecular weight is 242 g/mol. The molecule has 0 aromatic carbocycles. The Balaban J connectivity index is 2.43. The van der Waals surface area contributed by atoms with Crippen molar-refractivity contribution in [3.05, 3.63) is 16.1 Å². The van der Waals surface area contributed by atoms with Gasteiger partial charge in [-0.15, -0.1) is 11.3 Å². The van der Waals surface area contributed by atoms with Gasteiger partial charge in [0.2, 0.25) is 0 Å². The Morgan fingerprint density at radius 2 is 2.31 bits per heavy atom. The summed E-state index contributed by atoms with van der Waals surface area (Å²) in [7, 11) is 1.92. The lowest BCUT2D eigenvalue weighted by Crippen LogP contribution is -2.21. The molecule has 0 unspecified atom stereocenters. The Labute approximate surface area is 99.9 Å². The highest BCUT2D eigenvalue weighted by Gasteiger charge is 2.08. The lowest BCUT2D eigenvalue weighted by Gasteiger charge is -2.12. The number of carboxylic acid groups (broad SMARTS) is 1. The third-order valence-corrected chi connectivity index (χ3v) is 3.13. The highest BCUT2D eigenvalue weighted by molar-refractivity contribution is 7.09. The van der Waals surface area contributed by atoms with Gasteiger partial charge in [0.1, 0.15) is 5.01 Å². The molecule has 16 heavy (non-hydrogen) atoms. The molecule has 0 aliphatic heterocycles. The van der Waals surface area contributed by atoms with Crippen LogP contribution >= 0.6 is 11.3 Å². The van der Waals surface area contributed by atoms with Crippen molar-refractivity contribution in [2.24, 2.45) is 0 Å². The van der Waals surface area contributed by atoms with Crippen molar-refractivity contribution in [2.45, 2.75) is 32.7 Å². The van der Waals surface area contributed by atoms with Crippen LogP contribution < -0.4 is 0 Å². The molecule has 0 saturated heterocycles. The first-order chi connectivity index (χ1) is 7.49. The van der Waals surface area contributed by atoms with E-state index in [1.165, 1.54) is 0 Å². The van der Waals surface area contributed by atoms with Gasteiger partial charge in [-0.05, 0) is 13.0 Å². The summed E-state index contributed by atoms with van der Waals surface area (Å²) in [6, 6.07) is 0. The molecule has 0 atom stereocenters. The smallest absolute Gasteiger partial charge is 0.304 e. The van der Waals surface area contributed by atoms with Crippen molar-refractivity contribution >= 4 is 17.3 Å². The fourth-order valence-corrected chi connectivity index (χ4v) is 2.29. The lowest BCUT2D eigenvalue weighted by molar-refractivity contribution is -0.137. The summed E-state index contributed by atoms with van der Waals surface area (Å²) in [5, 5.41) is 11.7. The van der Waals surface area contributed by atoms with Gasteiger partial charge in [0.25, 0.3) is 0 Å². The first kappa shape index (κ1) is 13.1. The lowest BCUT2D eigenvalue weighted by atomic mass is 10.2. The van der Waals surface area contributed by atoms with Gasteiger partial charge in [0.05, 0.1) is 18.7 Å². The Morgan fingerprint density at radius 3 is 2.81 bits per heavy atom. The molecule has 0 aliphatic rings. The molecule has 0 fully saturated rings. The van der Waals surface area contributed by atoms with Crippen LogP contribution in [0.2, 0.25) is 0 Å². The second kappa shape index (κ2) is 5.96. The van der Waals surface area contributed by atoms with Crippen molar-refractivity contribution < 1.29 is 9.90 Å². The van der Waals surface area contributed by atoms with E-state index in [2.05, 4.69) is 24.2 Å². The molecule has 5 heteroatoms. The molecule has 4 nitrogen and oxygen atoms in total. The fourth-order valence-electron chi connectivity index (χ4n) is 1.26. The summed E-state index contributed by atoms with van der Waals surface area (Å²) in [6.45, 7) is 5.52. The number of aromatic nitrogens is 1. The number of hydrogen-bond acceptors (Lipinski definition) is 4. The van der Waals surface area contributed by atoms with E-state index in [9.17, 15) is 4.79 Å². The van der Waals surface area contributed by atoms with Gasteiger partial charge < -0.3 is 5.11 Å². The second-order valence-corrected chi connectivity index (χ2v) is 5.14. The first-order valence-corrected chi connectivity index (χ1v) is 6.21. The van der Waals surface area contributed by atoms with Crippen LogP contribution in [0.4, 0.5) is 0 Å². The number of nitrogens with zero attached hydrogens (tertiary/aromatic N) is 2. The van der Waals surface area contributed by atoms with Gasteiger partial charge in [-0.2, -0.15) is 0 Å². The van der Waals surface area contributed by atoms with E-state index in [-0.39, 0.29) is 6.42 Å². The summed E-state index contributed by atoms with van der Waals surface area (Å²) in [6.07, 6.45) is 0.179. The standard InChI is InChI=1S/C11H18N2O2S/c1-8(2)9-7-16-10(12-9)6-13(3)5-4-11(14)15/h7-8H,4-6H2,1-3H3,(H,14,15). The van der Waals surface area contributed by atoms with Crippen LogP contribution in [0.25, 0.3) is 0 Å². The molecule has 1 heterocycles. The maximum atomic E-state index is 10.4. The molecule has 0 saturated carbocycles. The quantitative estimate of drug-likeness (QED) is 0.830. The molecule has 0 bridgehead atoms. The number of carbonyl (C=O) groups is 1. The van der Waals surface area contributed by atoms with Crippen molar-refractivity contribution in [2.75, 3.05) is 13.6 Å². The summed E-state index contributed by atoms with van der Waals surface area (Å²) >= 11 is 1.64. The van der Waals surface area contributed by atoms with Crippen LogP contribution in [0.1, 0.15) is 36.9 Å². The van der Waals surface area contributed by atoms with E-state index in [4.69, 9.17) is 5.11 Å². The summed E-state index contributed by atoms with van der Waals surface area (Å²) in [5.41, 5.74) is 1.12. The molecule has 0 radical (unpaired) electrons. The molecule has 90 valence electrons. The molecule has 1 N–H and O–H groups in total. The predicted molar refractivity (Wildman–Crippen MR) is 64.8 cm³/mol. The Bertz CT molecular complexity index is 350. The van der Waals surface area contributed by atoms with Crippen LogP contribution in [0, 0.1) is 0 Å². The highest BCUT2D eigenvalue weighted by atomic mass is 32.1. The first-order valence-electron chi connectivity index (χ1n) is 5.33. The van der Waals surface area contributed by atoms with Crippen LogP contribution in [0.15, 0.2) is 5.38 Å². The van der Waals surface area contributed by atoms with E-state index in [0.717, 1.165) is 17.2 Å². The number of rotatable bonds is 6. The topological polar surface area (TPSA) is 53.4 Å². The van der Waals surface area contributed by atoms with Crippen molar-refractivity contribution in [3.8, 4) is 0 Å². The number of thiazole rings is 1. The van der Waals surface area contributed by atoms with Crippen LogP contribution in [0.3, 0.4) is 0 Å². The van der Waals surface area contributed by atoms with Gasteiger partial charge >= 0.3 is 5.97 Å². The fraction of sp³-hybridized carbons (Fsp3) is 0.636. The molecule has 1 aromatic rings. The van der Waals surface area contributed by atoms with Gasteiger partial charge in [-0.1, -0.05) is 13.8 Å². The molecule has 0 aliphatic carbocycles. The maximum absolute atomic E-state index is 10.4. The molecule has 0 spiro atoms. The van der Waals surface area contributed by atoms with Gasteiger partial charge in [0.15, 0.2) is 0 Å². The largest absolute Gasteiger partial charge is 0.481 e. The summed E-state index contributed by atoms with van der Waals surface area (Å²) in [5.74, 6) is -0.303. The second-order valence-electron chi connectivity index (χ2n) is 4.20. The van der Waals surface area contributed by atoms with Gasteiger partial charge in [-0.3, -0.25) is 9.69 Å². The SMILES string of the molecule is CC(C)c1csc(CN(C)CCC(=O)O)n1. The van der Waals surface area contributed by atoms with Crippen LogP contribution in [-0.4, -0.2) is 34.6 Å². The third kappa shape index (κ3) is 4.28. The molecule has 1 aromatic heterocycles. The van der Waals surface area contributed by atoms with Crippen LogP contribution in [-0.2, 0) is 11.3 Å². The minimum Gasteiger partial charge on any atom is -0.481 e. The zero-order valence-electron chi connectivity index (χ0n) is 9.93. The van der Waals surface area contributed by atoms with E-state index in [1.54, 1.807) is 11.3 Å². The average Bonchev–Trinajstić information content (AvgIpc) is 2.63. The van der Waals surface area contributed by atoms with E-state index in [0.29, 0.717) is 12.5 Å².